The van der Waals surface area contributed by atoms with Crippen molar-refractivity contribution in [3.05, 3.63) is 163 Å². The molecule has 0 radical (unpaired) electrons. The van der Waals surface area contributed by atoms with Crippen LogP contribution in [-0.2, 0) is 6.18 Å². The zero-order valence-electron chi connectivity index (χ0n) is 24.9. The first kappa shape index (κ1) is 39.1. The Morgan fingerprint density at radius 1 is 0.396 bits per heavy atom. The Labute approximate surface area is 288 Å². The molecule has 0 fully saturated rings. The van der Waals surface area contributed by atoms with Crippen molar-refractivity contribution in [2.45, 2.75) is 6.18 Å². The molecule has 0 bridgehead atoms. The van der Waals surface area contributed by atoms with E-state index in [1.165, 1.54) is 0 Å². The van der Waals surface area contributed by atoms with E-state index >= 15 is 26.3 Å². The van der Waals surface area contributed by atoms with Gasteiger partial charge in [0.15, 0.2) is 81.4 Å². The van der Waals surface area contributed by atoms with Crippen LogP contribution in [0.15, 0.2) is 48.5 Å². The maximum atomic E-state index is 15.9. The van der Waals surface area contributed by atoms with Crippen LogP contribution in [0.5, 0.6) is 0 Å². The lowest BCUT2D eigenvalue weighted by Gasteiger charge is -2.27. The molecule has 0 spiro atoms. The first-order valence-corrected chi connectivity index (χ1v) is 14.2. The Kier molecular flexibility index (Phi) is 10.4. The molecule has 5 aromatic carbocycles. The lowest BCUT2D eigenvalue weighted by molar-refractivity contribution is -0.137. The average Bonchev–Trinajstić information content (AvgIpc) is 3.12. The molecular formula is C33H8BClF18. The minimum absolute atomic E-state index is 0.188. The molecule has 53 heavy (non-hydrogen) atoms. The second-order valence-electron chi connectivity index (χ2n) is 10.7. The van der Waals surface area contributed by atoms with Crippen LogP contribution in [-0.4, -0.2) is 6.71 Å². The van der Waals surface area contributed by atoms with Gasteiger partial charge < -0.3 is 0 Å². The van der Waals surface area contributed by atoms with E-state index in [2.05, 4.69) is 0 Å². The van der Waals surface area contributed by atoms with Crippen LogP contribution >= 0.6 is 11.6 Å². The highest BCUT2D eigenvalue weighted by Gasteiger charge is 2.46. The highest BCUT2D eigenvalue weighted by Crippen LogP contribution is 2.41. The molecule has 20 heteroatoms. The molecule has 0 aliphatic heterocycles. The summed E-state index contributed by atoms with van der Waals surface area (Å²) in [6, 6.07) is 4.22. The van der Waals surface area contributed by atoms with E-state index in [0.29, 0.717) is 12.1 Å². The standard InChI is InChI=1S/C33H8BClF18/c35-12-7-3-10(4-8-12)13(9-1-5-11(6-2-9)33(51,52)53)15(14-18(36)24(42)30(48)25(43)19(14)37)34(16-20(38)26(44)31(49)27(45)21(16)39)17-22(40)28(46)32(50)29(47)23(17)41/h1-8H/b15-13-. The number of halogens is 19. The van der Waals surface area contributed by atoms with Gasteiger partial charge in [0.05, 0.1) is 5.56 Å². The van der Waals surface area contributed by atoms with Gasteiger partial charge in [-0.3, -0.25) is 0 Å². The van der Waals surface area contributed by atoms with Gasteiger partial charge in [-0.2, -0.15) is 13.2 Å². The van der Waals surface area contributed by atoms with E-state index in [9.17, 15) is 52.7 Å². The topological polar surface area (TPSA) is 0 Å². The fourth-order valence-electron chi connectivity index (χ4n) is 5.36. The van der Waals surface area contributed by atoms with Gasteiger partial charge in [-0.05, 0) is 46.4 Å². The Morgan fingerprint density at radius 2 is 0.679 bits per heavy atom. The summed E-state index contributed by atoms with van der Waals surface area (Å²) in [5.74, 6) is -45.8. The van der Waals surface area contributed by atoms with Crippen molar-refractivity contribution >= 4 is 40.3 Å². The number of hydrogen-bond acceptors (Lipinski definition) is 0. The molecule has 0 N–H and O–H groups in total. The third kappa shape index (κ3) is 6.48. The summed E-state index contributed by atoms with van der Waals surface area (Å²) in [4.78, 5) is 0. The van der Waals surface area contributed by atoms with Crippen molar-refractivity contribution < 1.29 is 79.0 Å². The summed E-state index contributed by atoms with van der Waals surface area (Å²) >= 11 is 5.84. The predicted octanol–water partition coefficient (Wildman–Crippen LogP) is 10.3. The molecule has 5 rings (SSSR count). The zero-order chi connectivity index (χ0) is 39.6. The summed E-state index contributed by atoms with van der Waals surface area (Å²) in [6.45, 7) is -3.99. The molecule has 276 valence electrons. The zero-order valence-corrected chi connectivity index (χ0v) is 25.6. The van der Waals surface area contributed by atoms with Gasteiger partial charge in [0, 0.05) is 21.5 Å². The van der Waals surface area contributed by atoms with Crippen LogP contribution in [0.3, 0.4) is 0 Å². The third-order valence-electron chi connectivity index (χ3n) is 7.74. The molecule has 0 heterocycles. The summed E-state index contributed by atoms with van der Waals surface area (Å²) in [5.41, 5.74) is -14.7. The second kappa shape index (κ2) is 14.1. The SMILES string of the molecule is Fc1c(F)c(F)c(B(/C(=C(\c2ccc(Cl)cc2)c2ccc(C(F)(F)F)cc2)c2c(F)c(F)c(F)c(F)c2F)c2c(F)c(F)c(F)c(F)c2F)c(F)c1F. The number of hydrogen-bond donors (Lipinski definition) is 0. The summed E-state index contributed by atoms with van der Waals surface area (Å²) < 4.78 is 266. The van der Waals surface area contributed by atoms with Gasteiger partial charge in [0.1, 0.15) is 0 Å². The van der Waals surface area contributed by atoms with Crippen LogP contribution in [0.2, 0.25) is 5.02 Å². The first-order chi connectivity index (χ1) is 24.6. The molecule has 5 aromatic rings. The quantitative estimate of drug-likeness (QED) is 0.0528. The highest BCUT2D eigenvalue weighted by molar-refractivity contribution is 7.01. The van der Waals surface area contributed by atoms with Gasteiger partial charge in [-0.15, -0.1) is 0 Å². The fraction of sp³-hybridized carbons (Fsp3) is 0.0303. The minimum Gasteiger partial charge on any atom is -0.204 e. The van der Waals surface area contributed by atoms with Gasteiger partial charge in [0.2, 0.25) is 5.82 Å². The van der Waals surface area contributed by atoms with Gasteiger partial charge >= 0.3 is 6.18 Å². The van der Waals surface area contributed by atoms with Crippen LogP contribution in [0.1, 0.15) is 22.3 Å². The fourth-order valence-corrected chi connectivity index (χ4v) is 5.48. The lowest BCUT2D eigenvalue weighted by atomic mass is 9.33. The van der Waals surface area contributed by atoms with Crippen LogP contribution in [0, 0.1) is 87.3 Å². The smallest absolute Gasteiger partial charge is 0.204 e. The predicted molar refractivity (Wildman–Crippen MR) is 153 cm³/mol. The molecule has 0 saturated heterocycles. The van der Waals surface area contributed by atoms with Gasteiger partial charge in [-0.1, -0.05) is 35.9 Å². The van der Waals surface area contributed by atoms with Crippen LogP contribution in [0.4, 0.5) is 79.0 Å². The van der Waals surface area contributed by atoms with E-state index in [1.54, 1.807) is 0 Å². The summed E-state index contributed by atoms with van der Waals surface area (Å²) in [6.07, 6.45) is -5.15. The number of benzene rings is 5. The molecule has 0 unspecified atom stereocenters. The molecule has 0 aromatic heterocycles. The Morgan fingerprint density at radius 3 is 1.00 bits per heavy atom. The Bertz CT molecular complexity index is 2180. The summed E-state index contributed by atoms with van der Waals surface area (Å²) in [5, 5.41) is -0.241. The van der Waals surface area contributed by atoms with E-state index in [-0.39, 0.29) is 17.2 Å². The van der Waals surface area contributed by atoms with Crippen molar-refractivity contribution in [1.82, 2.24) is 0 Å². The van der Waals surface area contributed by atoms with Gasteiger partial charge in [-0.25, -0.2) is 65.9 Å². The molecular weight excluding hydrogens is 785 g/mol. The molecule has 0 aliphatic rings. The van der Waals surface area contributed by atoms with Crippen LogP contribution in [0.25, 0.3) is 11.0 Å². The van der Waals surface area contributed by atoms with Crippen molar-refractivity contribution in [3.8, 4) is 0 Å². The van der Waals surface area contributed by atoms with Crippen molar-refractivity contribution in [3.63, 3.8) is 0 Å². The van der Waals surface area contributed by atoms with Crippen molar-refractivity contribution in [2.24, 2.45) is 0 Å². The largest absolute Gasteiger partial charge is 0.416 e. The normalized spacial score (nSPS) is 12.4. The maximum Gasteiger partial charge on any atom is 0.416 e. The monoisotopic (exact) mass is 792 g/mol. The molecule has 0 saturated carbocycles. The Hall–Kier alpha value is -5.07. The second-order valence-corrected chi connectivity index (χ2v) is 11.2. The van der Waals surface area contributed by atoms with E-state index < -0.39 is 144 Å². The third-order valence-corrected chi connectivity index (χ3v) is 7.99. The maximum absolute atomic E-state index is 15.9. The minimum atomic E-state index is -5.15. The van der Waals surface area contributed by atoms with Gasteiger partial charge in [0.25, 0.3) is 6.71 Å². The average molecular weight is 793 g/mol. The molecule has 0 nitrogen and oxygen atoms in total. The molecule has 0 amide bonds. The summed E-state index contributed by atoms with van der Waals surface area (Å²) in [7, 11) is 0. The Balaban J connectivity index is 2.22. The lowest BCUT2D eigenvalue weighted by Crippen LogP contribution is -2.52. The van der Waals surface area contributed by atoms with E-state index in [0.717, 1.165) is 24.3 Å². The molecule has 0 atom stereocenters. The number of rotatable bonds is 6. The highest BCUT2D eigenvalue weighted by atomic mass is 35.5. The first-order valence-electron chi connectivity index (χ1n) is 13.8. The van der Waals surface area contributed by atoms with Crippen molar-refractivity contribution in [2.75, 3.05) is 0 Å². The van der Waals surface area contributed by atoms with Crippen molar-refractivity contribution in [1.29, 1.82) is 0 Å². The molecule has 0 aliphatic carbocycles. The van der Waals surface area contributed by atoms with E-state index in [1.807, 2.05) is 0 Å². The van der Waals surface area contributed by atoms with E-state index in [4.69, 9.17) is 11.6 Å². The number of alkyl halides is 3. The van der Waals surface area contributed by atoms with Crippen LogP contribution < -0.4 is 10.9 Å².